The number of benzene rings is 3. The van der Waals surface area contributed by atoms with Gasteiger partial charge in [0, 0.05) is 17.7 Å². The van der Waals surface area contributed by atoms with Crippen molar-refractivity contribution >= 4 is 28.6 Å². The number of fused-ring (bicyclic) bond motifs is 1. The van der Waals surface area contributed by atoms with Crippen LogP contribution < -0.4 is 5.43 Å². The Bertz CT molecular complexity index is 1010. The highest BCUT2D eigenvalue weighted by Gasteiger charge is 2.09. The van der Waals surface area contributed by atoms with E-state index in [1.54, 1.807) is 0 Å². The molecule has 3 aromatic carbocycles. The van der Waals surface area contributed by atoms with Crippen LogP contribution in [0.3, 0.4) is 0 Å². The van der Waals surface area contributed by atoms with Crippen molar-refractivity contribution < 1.29 is 14.8 Å². The van der Waals surface area contributed by atoms with Gasteiger partial charge >= 0.3 is 0 Å². The summed E-state index contributed by atoms with van der Waals surface area (Å²) in [6, 6.07) is 17.1. The van der Waals surface area contributed by atoms with Crippen molar-refractivity contribution in [2.75, 3.05) is 0 Å². The Balaban J connectivity index is 1.70. The molecule has 0 aliphatic heterocycles. The molecular formula is C19H15N3O4. The van der Waals surface area contributed by atoms with Crippen LogP contribution in [0.2, 0.25) is 0 Å². The molecule has 130 valence electrons. The van der Waals surface area contributed by atoms with E-state index in [1.165, 1.54) is 24.4 Å². The zero-order valence-electron chi connectivity index (χ0n) is 13.6. The summed E-state index contributed by atoms with van der Waals surface area (Å²) >= 11 is 0. The zero-order valence-corrected chi connectivity index (χ0v) is 13.6. The molecule has 0 fully saturated rings. The number of phenols is 1. The van der Waals surface area contributed by atoms with Gasteiger partial charge in [-0.1, -0.05) is 42.5 Å². The molecule has 0 aliphatic carbocycles. The van der Waals surface area contributed by atoms with Gasteiger partial charge < -0.3 is 5.11 Å². The maximum absolute atomic E-state index is 12.1. The molecule has 0 saturated heterocycles. The van der Waals surface area contributed by atoms with E-state index in [2.05, 4.69) is 10.5 Å². The van der Waals surface area contributed by atoms with Crippen LogP contribution >= 0.6 is 0 Å². The summed E-state index contributed by atoms with van der Waals surface area (Å²) < 4.78 is 0. The van der Waals surface area contributed by atoms with Gasteiger partial charge in [-0.3, -0.25) is 14.9 Å². The van der Waals surface area contributed by atoms with Gasteiger partial charge in [-0.15, -0.1) is 0 Å². The Labute approximate surface area is 148 Å². The molecule has 7 nitrogen and oxygen atoms in total. The van der Waals surface area contributed by atoms with E-state index in [9.17, 15) is 20.0 Å². The van der Waals surface area contributed by atoms with Gasteiger partial charge in [0.05, 0.1) is 17.6 Å². The lowest BCUT2D eigenvalue weighted by Gasteiger charge is -2.05. The SMILES string of the molecule is O=C(Cc1cccc2ccccc12)NN=Cc1cc([N+](=O)[O-])ccc1O. The average molecular weight is 349 g/mol. The van der Waals surface area contributed by atoms with Gasteiger partial charge in [0.1, 0.15) is 5.75 Å². The van der Waals surface area contributed by atoms with Gasteiger partial charge in [-0.05, 0) is 22.4 Å². The summed E-state index contributed by atoms with van der Waals surface area (Å²) in [5, 5.41) is 26.3. The van der Waals surface area contributed by atoms with Crippen LogP contribution in [0.4, 0.5) is 5.69 Å². The van der Waals surface area contributed by atoms with E-state index >= 15 is 0 Å². The molecule has 0 aromatic heterocycles. The van der Waals surface area contributed by atoms with E-state index in [1.807, 2.05) is 42.5 Å². The van der Waals surface area contributed by atoms with Crippen LogP contribution in [0.25, 0.3) is 10.8 Å². The van der Waals surface area contributed by atoms with Gasteiger partial charge in [0.2, 0.25) is 5.91 Å². The number of non-ortho nitro benzene ring substituents is 1. The molecule has 0 radical (unpaired) electrons. The molecule has 0 unspecified atom stereocenters. The van der Waals surface area contributed by atoms with E-state index < -0.39 is 4.92 Å². The monoisotopic (exact) mass is 349 g/mol. The summed E-state index contributed by atoms with van der Waals surface area (Å²) in [6.07, 6.45) is 1.31. The Morgan fingerprint density at radius 3 is 2.73 bits per heavy atom. The average Bonchev–Trinajstić information content (AvgIpc) is 2.63. The number of nitrogens with one attached hydrogen (secondary N) is 1. The third kappa shape index (κ3) is 3.84. The Kier molecular flexibility index (Phi) is 4.89. The second kappa shape index (κ2) is 7.43. The van der Waals surface area contributed by atoms with Gasteiger partial charge in [0.15, 0.2) is 0 Å². The highest BCUT2D eigenvalue weighted by molar-refractivity contribution is 5.91. The zero-order chi connectivity index (χ0) is 18.5. The number of amides is 1. The molecule has 3 aromatic rings. The first-order valence-corrected chi connectivity index (χ1v) is 7.80. The highest BCUT2D eigenvalue weighted by Crippen LogP contribution is 2.21. The van der Waals surface area contributed by atoms with Crippen molar-refractivity contribution in [3.63, 3.8) is 0 Å². The molecule has 3 rings (SSSR count). The minimum atomic E-state index is -0.574. The maximum atomic E-state index is 12.1. The number of carbonyl (C=O) groups excluding carboxylic acids is 1. The first-order valence-electron chi connectivity index (χ1n) is 7.80. The summed E-state index contributed by atoms with van der Waals surface area (Å²) in [4.78, 5) is 22.3. The number of nitrogens with zero attached hydrogens (tertiary/aromatic N) is 2. The van der Waals surface area contributed by atoms with Crippen LogP contribution in [-0.4, -0.2) is 22.2 Å². The maximum Gasteiger partial charge on any atom is 0.270 e. The molecule has 0 saturated carbocycles. The predicted molar refractivity (Wildman–Crippen MR) is 98.1 cm³/mol. The van der Waals surface area contributed by atoms with E-state index in [4.69, 9.17) is 0 Å². The Hall–Kier alpha value is -3.74. The number of rotatable bonds is 5. The third-order valence-electron chi connectivity index (χ3n) is 3.85. The number of nitro benzene ring substituents is 1. The van der Waals surface area contributed by atoms with Gasteiger partial charge in [-0.2, -0.15) is 5.10 Å². The van der Waals surface area contributed by atoms with Crippen LogP contribution in [0.15, 0.2) is 65.8 Å². The fourth-order valence-corrected chi connectivity index (χ4v) is 2.59. The lowest BCUT2D eigenvalue weighted by atomic mass is 10.0. The number of nitro groups is 1. The second-order valence-corrected chi connectivity index (χ2v) is 5.61. The van der Waals surface area contributed by atoms with E-state index in [-0.39, 0.29) is 29.3 Å². The smallest absolute Gasteiger partial charge is 0.270 e. The first kappa shape index (κ1) is 17.1. The summed E-state index contributed by atoms with van der Waals surface area (Å²) in [5.41, 5.74) is 3.21. The van der Waals surface area contributed by atoms with Crippen molar-refractivity contribution in [1.82, 2.24) is 5.43 Å². The first-order chi connectivity index (χ1) is 12.5. The molecule has 0 spiro atoms. The summed E-state index contributed by atoms with van der Waals surface area (Å²) in [7, 11) is 0. The number of hydrogen-bond acceptors (Lipinski definition) is 5. The number of phenolic OH excluding ortho intramolecular Hbond substituents is 1. The summed E-state index contributed by atoms with van der Waals surface area (Å²) in [5.74, 6) is -0.495. The third-order valence-corrected chi connectivity index (χ3v) is 3.85. The molecule has 0 atom stereocenters. The highest BCUT2D eigenvalue weighted by atomic mass is 16.6. The number of aromatic hydroxyl groups is 1. The van der Waals surface area contributed by atoms with Crippen molar-refractivity contribution in [2.45, 2.75) is 6.42 Å². The van der Waals surface area contributed by atoms with Crippen LogP contribution in [-0.2, 0) is 11.2 Å². The standard InChI is InChI=1S/C19H15N3O4/c23-18-9-8-16(22(25)26)10-15(18)12-20-21-19(24)11-14-6-3-5-13-4-1-2-7-17(13)14/h1-10,12,23H,11H2,(H,21,24). The van der Waals surface area contributed by atoms with Gasteiger partial charge in [0.25, 0.3) is 5.69 Å². The van der Waals surface area contributed by atoms with Crippen LogP contribution in [0.1, 0.15) is 11.1 Å². The lowest BCUT2D eigenvalue weighted by Crippen LogP contribution is -2.19. The fraction of sp³-hybridized carbons (Fsp3) is 0.0526. The van der Waals surface area contributed by atoms with Crippen molar-refractivity contribution in [1.29, 1.82) is 0 Å². The molecule has 1 amide bonds. The molecule has 0 bridgehead atoms. The topological polar surface area (TPSA) is 105 Å². The number of hydrazone groups is 1. The normalized spacial score (nSPS) is 10.9. The van der Waals surface area contributed by atoms with Crippen molar-refractivity contribution in [3.05, 3.63) is 81.9 Å². The largest absolute Gasteiger partial charge is 0.507 e. The lowest BCUT2D eigenvalue weighted by molar-refractivity contribution is -0.384. The van der Waals surface area contributed by atoms with E-state index in [0.29, 0.717) is 0 Å². The van der Waals surface area contributed by atoms with E-state index in [0.717, 1.165) is 16.3 Å². The molecule has 0 heterocycles. The molecule has 2 N–H and O–H groups in total. The minimum Gasteiger partial charge on any atom is -0.507 e. The quantitative estimate of drug-likeness (QED) is 0.419. The molecule has 0 aliphatic rings. The molecule has 7 heteroatoms. The molecule has 26 heavy (non-hydrogen) atoms. The second-order valence-electron chi connectivity index (χ2n) is 5.61. The van der Waals surface area contributed by atoms with Crippen molar-refractivity contribution in [3.8, 4) is 5.75 Å². The Morgan fingerprint density at radius 2 is 1.92 bits per heavy atom. The van der Waals surface area contributed by atoms with Crippen LogP contribution in [0, 0.1) is 10.1 Å². The Morgan fingerprint density at radius 1 is 1.15 bits per heavy atom. The van der Waals surface area contributed by atoms with Gasteiger partial charge in [-0.25, -0.2) is 5.43 Å². The predicted octanol–water partition coefficient (Wildman–Crippen LogP) is 3.15. The van der Waals surface area contributed by atoms with Crippen LogP contribution in [0.5, 0.6) is 5.75 Å². The fourth-order valence-electron chi connectivity index (χ4n) is 2.59. The number of carbonyl (C=O) groups is 1. The van der Waals surface area contributed by atoms with Crippen molar-refractivity contribution in [2.24, 2.45) is 5.10 Å². The minimum absolute atomic E-state index is 0.139. The summed E-state index contributed by atoms with van der Waals surface area (Å²) in [6.45, 7) is 0. The number of hydrogen-bond donors (Lipinski definition) is 2. The molecular weight excluding hydrogens is 334 g/mol.